The van der Waals surface area contributed by atoms with Gasteiger partial charge in [-0.15, -0.1) is 6.58 Å². The normalized spacial score (nSPS) is 25.7. The summed E-state index contributed by atoms with van der Waals surface area (Å²) in [6, 6.07) is 9.64. The standard InChI is InChI=1S/C17H23N/c1-2-8-16-15-10-5-4-9-14(15)13-17(18-16)11-6-3-7-12-17/h2,4-5,9-10,16,18H,1,3,6-8,11-13H2/p+1/t16-/m0/s1. The largest absolute Gasteiger partial charge is 0.335 e. The highest BCUT2D eigenvalue weighted by Gasteiger charge is 2.42. The van der Waals surface area contributed by atoms with Gasteiger partial charge in [0, 0.05) is 31.2 Å². The molecule has 0 bridgehead atoms. The molecule has 1 aromatic rings. The van der Waals surface area contributed by atoms with Crippen molar-refractivity contribution in [2.75, 3.05) is 0 Å². The van der Waals surface area contributed by atoms with Crippen LogP contribution in [0.25, 0.3) is 0 Å². The summed E-state index contributed by atoms with van der Waals surface area (Å²) < 4.78 is 0. The lowest BCUT2D eigenvalue weighted by atomic mass is 9.72. The molecule has 1 spiro atoms. The molecule has 18 heavy (non-hydrogen) atoms. The summed E-state index contributed by atoms with van der Waals surface area (Å²) in [6.07, 6.45) is 11.5. The Balaban J connectivity index is 1.93. The maximum absolute atomic E-state index is 3.94. The van der Waals surface area contributed by atoms with Gasteiger partial charge in [0.05, 0.1) is 0 Å². The molecule has 1 aliphatic heterocycles. The summed E-state index contributed by atoms with van der Waals surface area (Å²) in [4.78, 5) is 0. The van der Waals surface area contributed by atoms with E-state index >= 15 is 0 Å². The Labute approximate surface area is 110 Å². The molecule has 96 valence electrons. The lowest BCUT2D eigenvalue weighted by Crippen LogP contribution is -2.99. The number of nitrogens with two attached hydrogens (primary N) is 1. The Morgan fingerprint density at radius 3 is 2.78 bits per heavy atom. The van der Waals surface area contributed by atoms with Crippen molar-refractivity contribution >= 4 is 0 Å². The number of hydrogen-bond acceptors (Lipinski definition) is 0. The third-order valence-electron chi connectivity index (χ3n) is 4.82. The van der Waals surface area contributed by atoms with E-state index in [-0.39, 0.29) is 0 Å². The van der Waals surface area contributed by atoms with Crippen LogP contribution in [-0.4, -0.2) is 5.54 Å². The SMILES string of the molecule is C=CC[C@@H]1[NH2+]C2(CCCCC2)Cc2ccccc21. The number of fused-ring (bicyclic) bond motifs is 1. The third-order valence-corrected chi connectivity index (χ3v) is 4.82. The monoisotopic (exact) mass is 242 g/mol. The molecule has 1 saturated carbocycles. The van der Waals surface area contributed by atoms with Crippen molar-refractivity contribution in [2.45, 2.75) is 56.5 Å². The summed E-state index contributed by atoms with van der Waals surface area (Å²) in [5.41, 5.74) is 3.64. The first-order valence-corrected chi connectivity index (χ1v) is 7.38. The molecule has 0 saturated heterocycles. The molecule has 3 rings (SSSR count). The first-order valence-electron chi connectivity index (χ1n) is 7.38. The Morgan fingerprint density at radius 2 is 2.00 bits per heavy atom. The molecule has 1 aromatic carbocycles. The van der Waals surface area contributed by atoms with Gasteiger partial charge in [-0.25, -0.2) is 0 Å². The topological polar surface area (TPSA) is 16.6 Å². The van der Waals surface area contributed by atoms with Crippen molar-refractivity contribution in [1.82, 2.24) is 0 Å². The van der Waals surface area contributed by atoms with E-state index in [4.69, 9.17) is 0 Å². The summed E-state index contributed by atoms with van der Waals surface area (Å²) in [5, 5.41) is 2.68. The predicted molar refractivity (Wildman–Crippen MR) is 75.4 cm³/mol. The maximum atomic E-state index is 3.94. The van der Waals surface area contributed by atoms with E-state index in [2.05, 4.69) is 42.2 Å². The highest BCUT2D eigenvalue weighted by atomic mass is 15.0. The maximum Gasteiger partial charge on any atom is 0.116 e. The summed E-state index contributed by atoms with van der Waals surface area (Å²) in [7, 11) is 0. The molecule has 0 amide bonds. The Hall–Kier alpha value is -1.08. The Morgan fingerprint density at radius 1 is 1.22 bits per heavy atom. The minimum Gasteiger partial charge on any atom is -0.335 e. The van der Waals surface area contributed by atoms with Gasteiger partial charge in [-0.2, -0.15) is 0 Å². The van der Waals surface area contributed by atoms with Gasteiger partial charge in [0.1, 0.15) is 11.6 Å². The predicted octanol–water partition coefficient (Wildman–Crippen LogP) is 3.13. The second-order valence-corrected chi connectivity index (χ2v) is 6.10. The first-order chi connectivity index (χ1) is 8.83. The van der Waals surface area contributed by atoms with Gasteiger partial charge in [0.25, 0.3) is 0 Å². The molecule has 0 unspecified atom stereocenters. The molecule has 1 heterocycles. The number of quaternary nitrogens is 1. The van der Waals surface area contributed by atoms with E-state index in [9.17, 15) is 0 Å². The summed E-state index contributed by atoms with van der Waals surface area (Å²) in [6.45, 7) is 3.94. The van der Waals surface area contributed by atoms with Crippen LogP contribution in [0.3, 0.4) is 0 Å². The van der Waals surface area contributed by atoms with E-state index < -0.39 is 0 Å². The number of benzene rings is 1. The van der Waals surface area contributed by atoms with Crippen LogP contribution in [0.15, 0.2) is 36.9 Å². The summed E-state index contributed by atoms with van der Waals surface area (Å²) >= 11 is 0. The van der Waals surface area contributed by atoms with Crippen molar-refractivity contribution in [3.8, 4) is 0 Å². The van der Waals surface area contributed by atoms with Gasteiger partial charge >= 0.3 is 0 Å². The molecule has 1 nitrogen and oxygen atoms in total. The zero-order valence-electron chi connectivity index (χ0n) is 11.2. The third kappa shape index (κ3) is 2.12. The Kier molecular flexibility index (Phi) is 3.25. The zero-order chi connectivity index (χ0) is 12.4. The molecule has 1 heteroatoms. The highest BCUT2D eigenvalue weighted by Crippen LogP contribution is 2.34. The second-order valence-electron chi connectivity index (χ2n) is 6.10. The first kappa shape index (κ1) is 12.0. The van der Waals surface area contributed by atoms with Crippen LogP contribution in [0, 0.1) is 0 Å². The van der Waals surface area contributed by atoms with E-state index in [0.717, 1.165) is 6.42 Å². The lowest BCUT2D eigenvalue weighted by Gasteiger charge is -2.42. The van der Waals surface area contributed by atoms with Gasteiger partial charge in [0.15, 0.2) is 0 Å². The minimum atomic E-state index is 0.500. The molecule has 1 atom stereocenters. The van der Waals surface area contributed by atoms with Crippen molar-refractivity contribution in [2.24, 2.45) is 0 Å². The Bertz CT molecular complexity index is 429. The average Bonchev–Trinajstić information content (AvgIpc) is 2.40. The van der Waals surface area contributed by atoms with Gasteiger partial charge in [-0.05, 0) is 18.4 Å². The highest BCUT2D eigenvalue weighted by molar-refractivity contribution is 5.32. The van der Waals surface area contributed by atoms with Gasteiger partial charge in [0.2, 0.25) is 0 Å². The van der Waals surface area contributed by atoms with E-state index in [1.165, 1.54) is 38.5 Å². The van der Waals surface area contributed by atoms with Crippen molar-refractivity contribution in [3.05, 3.63) is 48.0 Å². The van der Waals surface area contributed by atoms with Crippen LogP contribution >= 0.6 is 0 Å². The van der Waals surface area contributed by atoms with Crippen LogP contribution < -0.4 is 5.32 Å². The van der Waals surface area contributed by atoms with Crippen LogP contribution in [-0.2, 0) is 6.42 Å². The van der Waals surface area contributed by atoms with Crippen LogP contribution in [0.1, 0.15) is 55.7 Å². The quantitative estimate of drug-likeness (QED) is 0.767. The van der Waals surface area contributed by atoms with Crippen LogP contribution in [0.4, 0.5) is 0 Å². The van der Waals surface area contributed by atoms with E-state index in [1.807, 2.05) is 0 Å². The van der Waals surface area contributed by atoms with Crippen LogP contribution in [0.2, 0.25) is 0 Å². The molecule has 1 fully saturated rings. The fraction of sp³-hybridized carbons (Fsp3) is 0.529. The molecule has 2 N–H and O–H groups in total. The number of hydrogen-bond donors (Lipinski definition) is 1. The second kappa shape index (κ2) is 4.89. The van der Waals surface area contributed by atoms with Crippen molar-refractivity contribution in [3.63, 3.8) is 0 Å². The van der Waals surface area contributed by atoms with Gasteiger partial charge < -0.3 is 5.32 Å². The van der Waals surface area contributed by atoms with Crippen molar-refractivity contribution < 1.29 is 5.32 Å². The minimum absolute atomic E-state index is 0.500. The fourth-order valence-electron chi connectivity index (χ4n) is 3.99. The zero-order valence-corrected chi connectivity index (χ0v) is 11.2. The van der Waals surface area contributed by atoms with Crippen LogP contribution in [0.5, 0.6) is 0 Å². The smallest absolute Gasteiger partial charge is 0.116 e. The molecule has 0 aromatic heterocycles. The van der Waals surface area contributed by atoms with E-state index in [1.54, 1.807) is 11.1 Å². The average molecular weight is 242 g/mol. The molecule has 0 radical (unpaired) electrons. The fourth-order valence-corrected chi connectivity index (χ4v) is 3.99. The van der Waals surface area contributed by atoms with Gasteiger partial charge in [-0.3, -0.25) is 0 Å². The summed E-state index contributed by atoms with van der Waals surface area (Å²) in [5.74, 6) is 0. The molecular formula is C17H24N+. The van der Waals surface area contributed by atoms with Crippen molar-refractivity contribution in [1.29, 1.82) is 0 Å². The molecular weight excluding hydrogens is 218 g/mol. The lowest BCUT2D eigenvalue weighted by molar-refractivity contribution is -0.769. The molecule has 1 aliphatic carbocycles. The number of rotatable bonds is 2. The van der Waals surface area contributed by atoms with Gasteiger partial charge in [-0.1, -0.05) is 36.8 Å². The molecule has 2 aliphatic rings. The van der Waals surface area contributed by atoms with E-state index in [0.29, 0.717) is 11.6 Å².